The first-order valence-electron chi connectivity index (χ1n) is 11.5. The van der Waals surface area contributed by atoms with Crippen molar-refractivity contribution in [2.45, 2.75) is 109 Å². The maximum Gasteiger partial charge on any atom is 0.494 e. The molecule has 0 saturated carbocycles. The van der Waals surface area contributed by atoms with Crippen LogP contribution in [0.4, 0.5) is 4.79 Å². The number of hydrogen-bond donors (Lipinski definition) is 0. The van der Waals surface area contributed by atoms with Gasteiger partial charge in [0.05, 0.1) is 11.2 Å². The molecule has 3 aliphatic heterocycles. The van der Waals surface area contributed by atoms with Gasteiger partial charge in [-0.25, -0.2) is 4.79 Å². The minimum Gasteiger partial charge on any atom is -0.490 e. The summed E-state index contributed by atoms with van der Waals surface area (Å²) in [5.74, 6) is 0.843. The van der Waals surface area contributed by atoms with Crippen molar-refractivity contribution in [3.63, 3.8) is 0 Å². The Bertz CT molecular complexity index is 786. The van der Waals surface area contributed by atoms with Crippen molar-refractivity contribution in [2.24, 2.45) is 0 Å². The van der Waals surface area contributed by atoms with Crippen LogP contribution >= 0.6 is 0 Å². The number of amides is 1. The van der Waals surface area contributed by atoms with Crippen LogP contribution in [0.15, 0.2) is 24.3 Å². The molecule has 1 aromatic rings. The van der Waals surface area contributed by atoms with Crippen LogP contribution in [-0.2, 0) is 14.0 Å². The minimum atomic E-state index is -0.469. The van der Waals surface area contributed by atoms with E-state index in [9.17, 15) is 4.79 Å². The average molecular weight is 429 g/mol. The van der Waals surface area contributed by atoms with Crippen LogP contribution in [0.1, 0.15) is 74.1 Å². The zero-order valence-corrected chi connectivity index (χ0v) is 19.9. The Hall–Kier alpha value is -1.73. The van der Waals surface area contributed by atoms with Gasteiger partial charge in [-0.3, -0.25) is 0 Å². The highest BCUT2D eigenvalue weighted by molar-refractivity contribution is 6.62. The zero-order valence-electron chi connectivity index (χ0n) is 19.9. The number of carbonyl (C=O) groups excluding carboxylic acids is 1. The lowest BCUT2D eigenvalue weighted by molar-refractivity contribution is -0.00707. The molecule has 0 radical (unpaired) electrons. The van der Waals surface area contributed by atoms with Gasteiger partial charge in [0.1, 0.15) is 17.5 Å². The van der Waals surface area contributed by atoms with Gasteiger partial charge in [0.2, 0.25) is 0 Å². The summed E-state index contributed by atoms with van der Waals surface area (Å²) in [5.41, 5.74) is -0.184. The first kappa shape index (κ1) is 22.5. The second-order valence-corrected chi connectivity index (χ2v) is 11.1. The van der Waals surface area contributed by atoms with Crippen molar-refractivity contribution in [3.8, 4) is 5.75 Å². The van der Waals surface area contributed by atoms with E-state index in [1.165, 1.54) is 0 Å². The fourth-order valence-corrected chi connectivity index (χ4v) is 4.71. The Kier molecular flexibility index (Phi) is 5.58. The molecule has 170 valence electrons. The van der Waals surface area contributed by atoms with E-state index in [1.807, 2.05) is 49.9 Å². The number of nitrogens with zero attached hydrogens (tertiary/aromatic N) is 1. The summed E-state index contributed by atoms with van der Waals surface area (Å²) in [6.07, 6.45) is 3.64. The molecule has 1 unspecified atom stereocenters. The molecule has 0 aromatic heterocycles. The van der Waals surface area contributed by atoms with E-state index >= 15 is 0 Å². The smallest absolute Gasteiger partial charge is 0.490 e. The molecule has 0 N–H and O–H groups in total. The number of ether oxygens (including phenoxy) is 2. The Balaban J connectivity index is 1.36. The first-order valence-corrected chi connectivity index (χ1v) is 11.5. The van der Waals surface area contributed by atoms with E-state index in [1.54, 1.807) is 0 Å². The number of hydrogen-bond acceptors (Lipinski definition) is 5. The predicted molar refractivity (Wildman–Crippen MR) is 121 cm³/mol. The highest BCUT2D eigenvalue weighted by Crippen LogP contribution is 2.39. The first-order chi connectivity index (χ1) is 14.3. The third-order valence-electron chi connectivity index (χ3n) is 7.00. The van der Waals surface area contributed by atoms with Gasteiger partial charge < -0.3 is 23.7 Å². The second-order valence-electron chi connectivity index (χ2n) is 11.1. The Morgan fingerprint density at radius 2 is 1.52 bits per heavy atom. The highest BCUT2D eigenvalue weighted by Gasteiger charge is 2.51. The molecule has 0 aliphatic carbocycles. The van der Waals surface area contributed by atoms with Gasteiger partial charge in [-0.1, -0.05) is 12.1 Å². The molecule has 4 rings (SSSR count). The summed E-state index contributed by atoms with van der Waals surface area (Å²) in [4.78, 5) is 14.6. The van der Waals surface area contributed by atoms with Crippen LogP contribution in [0.3, 0.4) is 0 Å². The molecular formula is C24H36BNO5. The van der Waals surface area contributed by atoms with E-state index in [0.717, 1.165) is 36.9 Å². The van der Waals surface area contributed by atoms with E-state index in [4.69, 9.17) is 18.8 Å². The molecule has 2 bridgehead atoms. The van der Waals surface area contributed by atoms with Crippen LogP contribution < -0.4 is 10.2 Å². The van der Waals surface area contributed by atoms with Crippen LogP contribution in [0.5, 0.6) is 5.75 Å². The quantitative estimate of drug-likeness (QED) is 0.671. The van der Waals surface area contributed by atoms with Crippen molar-refractivity contribution >= 4 is 18.7 Å². The lowest BCUT2D eigenvalue weighted by atomic mass is 9.79. The Morgan fingerprint density at radius 3 is 2.00 bits per heavy atom. The minimum absolute atomic E-state index is 0.110. The van der Waals surface area contributed by atoms with Crippen molar-refractivity contribution in [1.82, 2.24) is 4.90 Å². The van der Waals surface area contributed by atoms with Gasteiger partial charge in [-0.2, -0.15) is 0 Å². The molecule has 1 amide bonds. The fourth-order valence-electron chi connectivity index (χ4n) is 4.71. The van der Waals surface area contributed by atoms with Crippen molar-refractivity contribution in [1.29, 1.82) is 0 Å². The molecule has 6 nitrogen and oxygen atoms in total. The number of fused-ring (bicyclic) bond motifs is 2. The maximum atomic E-state index is 12.6. The normalized spacial score (nSPS) is 29.2. The van der Waals surface area contributed by atoms with Gasteiger partial charge in [0, 0.05) is 24.9 Å². The van der Waals surface area contributed by atoms with Gasteiger partial charge in [-0.05, 0) is 78.9 Å². The number of piperidine rings is 1. The monoisotopic (exact) mass is 429 g/mol. The number of rotatable bonds is 3. The third-order valence-corrected chi connectivity index (χ3v) is 7.00. The Morgan fingerprint density at radius 1 is 1.00 bits per heavy atom. The molecular weight excluding hydrogens is 393 g/mol. The van der Waals surface area contributed by atoms with Gasteiger partial charge in [0.15, 0.2) is 0 Å². The largest absolute Gasteiger partial charge is 0.494 e. The molecule has 7 heteroatoms. The molecule has 3 heterocycles. The molecule has 3 fully saturated rings. The fraction of sp³-hybridized carbons (Fsp3) is 0.708. The van der Waals surface area contributed by atoms with E-state index in [2.05, 4.69) is 27.7 Å². The molecule has 3 aliphatic rings. The van der Waals surface area contributed by atoms with Crippen LogP contribution in [-0.4, -0.2) is 53.1 Å². The van der Waals surface area contributed by atoms with Gasteiger partial charge in [-0.15, -0.1) is 0 Å². The molecule has 0 spiro atoms. The summed E-state index contributed by atoms with van der Waals surface area (Å²) in [6, 6.07) is 8.40. The summed E-state index contributed by atoms with van der Waals surface area (Å²) in [7, 11) is -0.369. The van der Waals surface area contributed by atoms with Crippen molar-refractivity contribution < 1.29 is 23.6 Å². The third kappa shape index (κ3) is 4.58. The molecule has 3 saturated heterocycles. The topological polar surface area (TPSA) is 57.2 Å². The van der Waals surface area contributed by atoms with Crippen molar-refractivity contribution in [2.75, 3.05) is 0 Å². The summed E-state index contributed by atoms with van der Waals surface area (Å²) in [5, 5.41) is 0. The van der Waals surface area contributed by atoms with Crippen LogP contribution in [0, 0.1) is 0 Å². The van der Waals surface area contributed by atoms with Crippen molar-refractivity contribution in [3.05, 3.63) is 24.3 Å². The predicted octanol–water partition coefficient (Wildman–Crippen LogP) is 4.30. The highest BCUT2D eigenvalue weighted by atomic mass is 16.7. The summed E-state index contributed by atoms with van der Waals surface area (Å²) in [6.45, 7) is 14.0. The van der Waals surface area contributed by atoms with E-state index in [0.29, 0.717) is 0 Å². The SMILES string of the molecule is CC(C)(C)OC(=O)N1[C@@H]2CC[C@H]1CC(Oc1ccc(B3OC(C)(C)C(C)(C)O3)cc1)C2. The number of carbonyl (C=O) groups is 1. The average Bonchev–Trinajstić information content (AvgIpc) is 3.03. The van der Waals surface area contributed by atoms with Crippen LogP contribution in [0.25, 0.3) is 0 Å². The summed E-state index contributed by atoms with van der Waals surface area (Å²) >= 11 is 0. The molecule has 3 atom stereocenters. The summed E-state index contributed by atoms with van der Waals surface area (Å²) < 4.78 is 24.2. The van der Waals surface area contributed by atoms with E-state index < -0.39 is 5.60 Å². The maximum absolute atomic E-state index is 12.6. The Labute approximate surface area is 186 Å². The lowest BCUT2D eigenvalue weighted by Gasteiger charge is -2.39. The zero-order chi connectivity index (χ0) is 22.6. The van der Waals surface area contributed by atoms with Gasteiger partial charge in [0.25, 0.3) is 0 Å². The van der Waals surface area contributed by atoms with E-state index in [-0.39, 0.29) is 42.6 Å². The second kappa shape index (κ2) is 7.70. The number of benzene rings is 1. The molecule has 1 aromatic carbocycles. The standard InChI is InChI=1S/C24H36BNO5/c1-22(2,3)29-21(27)26-17-10-11-18(26)15-20(14-17)28-19-12-8-16(9-13-19)25-30-23(4,5)24(6,7)31-25/h8-9,12-13,17-18,20H,10-11,14-15H2,1-7H3/t17-,18+,20?. The molecule has 31 heavy (non-hydrogen) atoms. The van der Waals surface area contributed by atoms with Gasteiger partial charge >= 0.3 is 13.2 Å². The lowest BCUT2D eigenvalue weighted by Crippen LogP contribution is -2.50. The van der Waals surface area contributed by atoms with Crippen LogP contribution in [0.2, 0.25) is 0 Å².